The summed E-state index contributed by atoms with van der Waals surface area (Å²) in [4.78, 5) is 37.8. The lowest BCUT2D eigenvalue weighted by Gasteiger charge is -2.16. The molecular weight excluding hydrogens is 410 g/mol. The molecule has 1 fully saturated rings. The van der Waals surface area contributed by atoms with Crippen LogP contribution >= 0.6 is 0 Å². The van der Waals surface area contributed by atoms with Gasteiger partial charge in [0.15, 0.2) is 12.4 Å². The highest BCUT2D eigenvalue weighted by atomic mass is 16.5. The molecule has 0 spiro atoms. The van der Waals surface area contributed by atoms with E-state index >= 15 is 0 Å². The number of furan rings is 1. The minimum absolute atomic E-state index is 0.127. The zero-order valence-electron chi connectivity index (χ0n) is 17.4. The summed E-state index contributed by atoms with van der Waals surface area (Å²) in [6.45, 7) is 0.898. The van der Waals surface area contributed by atoms with Crippen molar-refractivity contribution in [1.29, 1.82) is 0 Å². The topological polar surface area (TPSA) is 101 Å². The number of rotatable bonds is 8. The predicted octanol–water partition coefficient (Wildman–Crippen LogP) is 3.35. The molecule has 0 aliphatic carbocycles. The van der Waals surface area contributed by atoms with Gasteiger partial charge in [-0.25, -0.2) is 0 Å². The number of carbonyl (C=O) groups is 3. The average Bonchev–Trinajstić information content (AvgIpc) is 3.49. The highest BCUT2D eigenvalue weighted by molar-refractivity contribution is 6.02. The Morgan fingerprint density at radius 3 is 2.62 bits per heavy atom. The van der Waals surface area contributed by atoms with Crippen LogP contribution in [0, 0.1) is 0 Å². The van der Waals surface area contributed by atoms with Crippen molar-refractivity contribution in [3.63, 3.8) is 0 Å². The summed E-state index contributed by atoms with van der Waals surface area (Å²) in [6.07, 6.45) is 2.89. The third-order valence-corrected chi connectivity index (χ3v) is 5.01. The Bertz CT molecular complexity index is 1090. The van der Waals surface area contributed by atoms with Crippen LogP contribution in [0.4, 0.5) is 11.4 Å². The predicted molar refractivity (Wildman–Crippen MR) is 118 cm³/mol. The van der Waals surface area contributed by atoms with Crippen molar-refractivity contribution >= 4 is 29.1 Å². The second-order valence-corrected chi connectivity index (χ2v) is 7.34. The number of anilines is 2. The standard InChI is InChI=1S/C24H23N3O5/c28-22(16-32-20-10-8-19(9-11-20)27-12-2-7-23(27)29)25-15-17-4-1-5-18(14-17)26-24(30)21-6-3-13-31-21/h1,3-6,8-11,13-14H,2,7,12,15-16H2,(H,25,28)(H,26,30). The Kier molecular flexibility index (Phi) is 6.50. The maximum atomic E-state index is 12.2. The summed E-state index contributed by atoms with van der Waals surface area (Å²) in [5, 5.41) is 5.54. The van der Waals surface area contributed by atoms with Crippen LogP contribution in [-0.4, -0.2) is 30.9 Å². The molecule has 8 nitrogen and oxygen atoms in total. The molecule has 2 N–H and O–H groups in total. The van der Waals surface area contributed by atoms with Crippen molar-refractivity contribution in [2.24, 2.45) is 0 Å². The SMILES string of the molecule is O=C(COc1ccc(N2CCCC2=O)cc1)NCc1cccc(NC(=O)c2ccco2)c1. The van der Waals surface area contributed by atoms with Gasteiger partial charge in [-0.05, 0) is 60.5 Å². The first-order chi connectivity index (χ1) is 15.6. The van der Waals surface area contributed by atoms with Gasteiger partial charge in [-0.2, -0.15) is 0 Å². The Hall–Kier alpha value is -4.07. The van der Waals surface area contributed by atoms with E-state index in [0.29, 0.717) is 24.4 Å². The quantitative estimate of drug-likeness (QED) is 0.567. The monoisotopic (exact) mass is 433 g/mol. The van der Waals surface area contributed by atoms with Crippen molar-refractivity contribution in [2.45, 2.75) is 19.4 Å². The maximum Gasteiger partial charge on any atom is 0.291 e. The van der Waals surface area contributed by atoms with E-state index in [0.717, 1.165) is 24.2 Å². The summed E-state index contributed by atoms with van der Waals surface area (Å²) >= 11 is 0. The maximum absolute atomic E-state index is 12.2. The molecular formula is C24H23N3O5. The van der Waals surface area contributed by atoms with Gasteiger partial charge in [0, 0.05) is 30.9 Å². The summed E-state index contributed by atoms with van der Waals surface area (Å²) in [5.41, 5.74) is 2.27. The van der Waals surface area contributed by atoms with Gasteiger partial charge in [0.1, 0.15) is 5.75 Å². The van der Waals surface area contributed by atoms with E-state index in [1.54, 1.807) is 47.4 Å². The summed E-state index contributed by atoms with van der Waals surface area (Å²) < 4.78 is 10.6. The second-order valence-electron chi connectivity index (χ2n) is 7.34. The molecule has 0 saturated carbocycles. The van der Waals surface area contributed by atoms with Crippen molar-refractivity contribution in [1.82, 2.24) is 5.32 Å². The largest absolute Gasteiger partial charge is 0.484 e. The van der Waals surface area contributed by atoms with E-state index < -0.39 is 0 Å². The van der Waals surface area contributed by atoms with Gasteiger partial charge in [0.2, 0.25) is 5.91 Å². The molecule has 8 heteroatoms. The zero-order valence-corrected chi connectivity index (χ0v) is 17.4. The molecule has 2 heterocycles. The summed E-state index contributed by atoms with van der Waals surface area (Å²) in [5.74, 6) is 0.292. The lowest BCUT2D eigenvalue weighted by Crippen LogP contribution is -2.28. The van der Waals surface area contributed by atoms with Gasteiger partial charge in [-0.3, -0.25) is 14.4 Å². The average molecular weight is 433 g/mol. The van der Waals surface area contributed by atoms with Crippen molar-refractivity contribution in [3.05, 3.63) is 78.3 Å². The summed E-state index contributed by atoms with van der Waals surface area (Å²) in [7, 11) is 0. The zero-order chi connectivity index (χ0) is 22.3. The van der Waals surface area contributed by atoms with E-state index in [4.69, 9.17) is 9.15 Å². The fraction of sp³-hybridized carbons (Fsp3) is 0.208. The fourth-order valence-corrected chi connectivity index (χ4v) is 3.40. The lowest BCUT2D eigenvalue weighted by atomic mass is 10.2. The van der Waals surface area contributed by atoms with Crippen LogP contribution in [-0.2, 0) is 16.1 Å². The molecule has 1 aliphatic heterocycles. The second kappa shape index (κ2) is 9.82. The van der Waals surface area contributed by atoms with Gasteiger partial charge in [0.25, 0.3) is 11.8 Å². The number of nitrogens with zero attached hydrogens (tertiary/aromatic N) is 1. The van der Waals surface area contributed by atoms with Crippen LogP contribution in [0.2, 0.25) is 0 Å². The van der Waals surface area contributed by atoms with Gasteiger partial charge >= 0.3 is 0 Å². The number of hydrogen-bond acceptors (Lipinski definition) is 5. The molecule has 164 valence electrons. The van der Waals surface area contributed by atoms with Crippen LogP contribution in [0.3, 0.4) is 0 Å². The van der Waals surface area contributed by atoms with Gasteiger partial charge < -0.3 is 24.7 Å². The molecule has 3 amide bonds. The molecule has 0 unspecified atom stereocenters. The minimum atomic E-state index is -0.343. The number of amides is 3. The number of ether oxygens (including phenoxy) is 1. The van der Waals surface area contributed by atoms with E-state index in [1.165, 1.54) is 6.26 Å². The third-order valence-electron chi connectivity index (χ3n) is 5.01. The summed E-state index contributed by atoms with van der Waals surface area (Å²) in [6, 6.07) is 17.5. The van der Waals surface area contributed by atoms with Crippen LogP contribution in [0.5, 0.6) is 5.75 Å². The molecule has 1 saturated heterocycles. The lowest BCUT2D eigenvalue weighted by molar-refractivity contribution is -0.123. The molecule has 0 bridgehead atoms. The highest BCUT2D eigenvalue weighted by Gasteiger charge is 2.21. The third kappa shape index (κ3) is 5.34. The molecule has 0 radical (unpaired) electrons. The fourth-order valence-electron chi connectivity index (χ4n) is 3.40. The van der Waals surface area contributed by atoms with Crippen molar-refractivity contribution in [2.75, 3.05) is 23.4 Å². The van der Waals surface area contributed by atoms with Gasteiger partial charge in [-0.1, -0.05) is 12.1 Å². The van der Waals surface area contributed by atoms with Crippen LogP contribution in [0.1, 0.15) is 29.0 Å². The van der Waals surface area contributed by atoms with Crippen LogP contribution in [0.25, 0.3) is 0 Å². The Morgan fingerprint density at radius 1 is 1.06 bits per heavy atom. The van der Waals surface area contributed by atoms with E-state index in [9.17, 15) is 14.4 Å². The molecule has 32 heavy (non-hydrogen) atoms. The van der Waals surface area contributed by atoms with E-state index in [1.807, 2.05) is 18.2 Å². The van der Waals surface area contributed by atoms with E-state index in [-0.39, 0.29) is 30.1 Å². The van der Waals surface area contributed by atoms with Gasteiger partial charge in [-0.15, -0.1) is 0 Å². The van der Waals surface area contributed by atoms with Gasteiger partial charge in [0.05, 0.1) is 6.26 Å². The normalized spacial score (nSPS) is 13.1. The Labute approximate surface area is 185 Å². The van der Waals surface area contributed by atoms with Crippen molar-refractivity contribution in [3.8, 4) is 5.75 Å². The Morgan fingerprint density at radius 2 is 1.91 bits per heavy atom. The van der Waals surface area contributed by atoms with Crippen LogP contribution < -0.4 is 20.3 Å². The molecule has 2 aromatic carbocycles. The number of carbonyl (C=O) groups excluding carboxylic acids is 3. The van der Waals surface area contributed by atoms with Crippen LogP contribution in [0.15, 0.2) is 71.3 Å². The number of nitrogens with one attached hydrogen (secondary N) is 2. The molecule has 0 atom stereocenters. The highest BCUT2D eigenvalue weighted by Crippen LogP contribution is 2.23. The first kappa shape index (κ1) is 21.2. The molecule has 3 aromatic rings. The number of hydrogen-bond donors (Lipinski definition) is 2. The number of benzene rings is 2. The molecule has 4 rings (SSSR count). The first-order valence-corrected chi connectivity index (χ1v) is 10.3. The molecule has 1 aromatic heterocycles. The Balaban J connectivity index is 1.23. The smallest absolute Gasteiger partial charge is 0.291 e. The van der Waals surface area contributed by atoms with E-state index in [2.05, 4.69) is 10.6 Å². The molecule has 1 aliphatic rings. The first-order valence-electron chi connectivity index (χ1n) is 10.3. The van der Waals surface area contributed by atoms with Crippen molar-refractivity contribution < 1.29 is 23.5 Å². The minimum Gasteiger partial charge on any atom is -0.484 e.